The van der Waals surface area contributed by atoms with E-state index >= 15 is 0 Å². The lowest BCUT2D eigenvalue weighted by Crippen LogP contribution is -2.41. The standard InChI is InChI=1S/C12H12N2O5/c15-10(4-3-8-2-1-5-13-7-8)14-9(12(18)19)6-11(16)17/h1-5,7,9H,6H2,(H,14,15)(H,16,17)(H,18,19)/b4-3+/t9-/m1/s1. The fraction of sp³-hybridized carbons (Fsp3) is 0.167. The van der Waals surface area contributed by atoms with Gasteiger partial charge in [-0.15, -0.1) is 0 Å². The second kappa shape index (κ2) is 6.90. The predicted molar refractivity (Wildman–Crippen MR) is 65.1 cm³/mol. The number of carboxylic acids is 2. The first kappa shape index (κ1) is 14.4. The molecule has 0 bridgehead atoms. The van der Waals surface area contributed by atoms with Gasteiger partial charge in [0.15, 0.2) is 0 Å². The normalized spacial score (nSPS) is 12.0. The molecule has 0 aromatic carbocycles. The topological polar surface area (TPSA) is 117 Å². The molecular formula is C12H12N2O5. The maximum atomic E-state index is 11.4. The summed E-state index contributed by atoms with van der Waals surface area (Å²) in [4.78, 5) is 36.4. The monoisotopic (exact) mass is 264 g/mol. The van der Waals surface area contributed by atoms with Gasteiger partial charge in [-0.1, -0.05) is 6.07 Å². The average Bonchev–Trinajstić information content (AvgIpc) is 2.36. The van der Waals surface area contributed by atoms with Crippen LogP contribution in [0.2, 0.25) is 0 Å². The molecule has 7 heteroatoms. The molecule has 3 N–H and O–H groups in total. The zero-order valence-corrected chi connectivity index (χ0v) is 9.81. The van der Waals surface area contributed by atoms with E-state index in [1.165, 1.54) is 12.3 Å². The largest absolute Gasteiger partial charge is 0.481 e. The van der Waals surface area contributed by atoms with Crippen molar-refractivity contribution in [1.82, 2.24) is 10.3 Å². The van der Waals surface area contributed by atoms with Crippen LogP contribution in [0.4, 0.5) is 0 Å². The molecular weight excluding hydrogens is 252 g/mol. The first-order valence-electron chi connectivity index (χ1n) is 5.32. The first-order valence-corrected chi connectivity index (χ1v) is 5.32. The molecule has 1 aromatic heterocycles. The lowest BCUT2D eigenvalue weighted by Gasteiger charge is -2.10. The van der Waals surface area contributed by atoms with Gasteiger partial charge < -0.3 is 15.5 Å². The summed E-state index contributed by atoms with van der Waals surface area (Å²) in [6.07, 6.45) is 4.99. The van der Waals surface area contributed by atoms with Gasteiger partial charge in [0.25, 0.3) is 0 Å². The second-order valence-corrected chi connectivity index (χ2v) is 3.62. The van der Waals surface area contributed by atoms with Crippen LogP contribution in [0.5, 0.6) is 0 Å². The number of aromatic nitrogens is 1. The van der Waals surface area contributed by atoms with Crippen molar-refractivity contribution in [2.45, 2.75) is 12.5 Å². The number of carbonyl (C=O) groups is 3. The van der Waals surface area contributed by atoms with Gasteiger partial charge in [-0.05, 0) is 17.7 Å². The molecule has 1 rings (SSSR count). The van der Waals surface area contributed by atoms with E-state index in [1.807, 2.05) is 0 Å². The van der Waals surface area contributed by atoms with Crippen LogP contribution in [-0.4, -0.2) is 39.1 Å². The Labute approximate surface area is 108 Å². The van der Waals surface area contributed by atoms with E-state index in [-0.39, 0.29) is 0 Å². The highest BCUT2D eigenvalue weighted by atomic mass is 16.4. The molecule has 0 fully saturated rings. The van der Waals surface area contributed by atoms with Crippen LogP contribution in [0.25, 0.3) is 6.08 Å². The lowest BCUT2D eigenvalue weighted by atomic mass is 10.2. The van der Waals surface area contributed by atoms with E-state index in [0.717, 1.165) is 6.08 Å². The Balaban J connectivity index is 2.60. The van der Waals surface area contributed by atoms with Gasteiger partial charge in [-0.2, -0.15) is 0 Å². The first-order chi connectivity index (χ1) is 8.99. The number of carbonyl (C=O) groups excluding carboxylic acids is 1. The van der Waals surface area contributed by atoms with Crippen molar-refractivity contribution in [3.8, 4) is 0 Å². The lowest BCUT2D eigenvalue weighted by molar-refractivity contribution is -0.146. The third-order valence-corrected chi connectivity index (χ3v) is 2.10. The molecule has 0 radical (unpaired) electrons. The number of carboxylic acid groups (broad SMARTS) is 2. The van der Waals surface area contributed by atoms with Crippen molar-refractivity contribution in [2.75, 3.05) is 0 Å². The zero-order chi connectivity index (χ0) is 14.3. The molecule has 0 spiro atoms. The smallest absolute Gasteiger partial charge is 0.326 e. The number of nitrogens with zero attached hydrogens (tertiary/aromatic N) is 1. The molecule has 0 unspecified atom stereocenters. The van der Waals surface area contributed by atoms with Crippen molar-refractivity contribution < 1.29 is 24.6 Å². The van der Waals surface area contributed by atoms with Gasteiger partial charge in [-0.3, -0.25) is 14.6 Å². The summed E-state index contributed by atoms with van der Waals surface area (Å²) in [6, 6.07) is 1.94. The van der Waals surface area contributed by atoms with Crippen LogP contribution in [0.3, 0.4) is 0 Å². The van der Waals surface area contributed by atoms with Crippen molar-refractivity contribution in [3.05, 3.63) is 36.2 Å². The third kappa shape index (κ3) is 5.44. The summed E-state index contributed by atoms with van der Waals surface area (Å²) in [5.41, 5.74) is 0.669. The second-order valence-electron chi connectivity index (χ2n) is 3.62. The SMILES string of the molecule is O=C(O)C[C@@H](NC(=O)/C=C/c1cccnc1)C(=O)O. The summed E-state index contributed by atoms with van der Waals surface area (Å²) in [7, 11) is 0. The van der Waals surface area contributed by atoms with Crippen LogP contribution < -0.4 is 5.32 Å². The number of amides is 1. The van der Waals surface area contributed by atoms with Crippen molar-refractivity contribution in [1.29, 1.82) is 0 Å². The van der Waals surface area contributed by atoms with Crippen molar-refractivity contribution >= 4 is 23.9 Å². The average molecular weight is 264 g/mol. The Bertz CT molecular complexity index is 498. The number of hydrogen-bond donors (Lipinski definition) is 3. The Hall–Kier alpha value is -2.70. The Kier molecular flexibility index (Phi) is 5.21. The van der Waals surface area contributed by atoms with Crippen LogP contribution in [0.1, 0.15) is 12.0 Å². The highest BCUT2D eigenvalue weighted by Crippen LogP contribution is 1.99. The van der Waals surface area contributed by atoms with E-state index in [0.29, 0.717) is 5.56 Å². The van der Waals surface area contributed by atoms with Crippen LogP contribution in [0.15, 0.2) is 30.6 Å². The number of nitrogens with one attached hydrogen (secondary N) is 1. The minimum atomic E-state index is -1.46. The molecule has 1 heterocycles. The van der Waals surface area contributed by atoms with Crippen molar-refractivity contribution in [2.24, 2.45) is 0 Å². The van der Waals surface area contributed by atoms with Gasteiger partial charge in [0.05, 0.1) is 6.42 Å². The molecule has 0 saturated carbocycles. The Morgan fingerprint density at radius 1 is 1.37 bits per heavy atom. The quantitative estimate of drug-likeness (QED) is 0.629. The minimum Gasteiger partial charge on any atom is -0.481 e. The molecule has 0 aliphatic carbocycles. The molecule has 100 valence electrons. The number of pyridine rings is 1. The predicted octanol–water partition coefficient (Wildman–Crippen LogP) is 0.139. The van der Waals surface area contributed by atoms with Crippen LogP contribution in [0, 0.1) is 0 Å². The summed E-state index contributed by atoms with van der Waals surface area (Å²) in [5, 5.41) is 19.3. The van der Waals surface area contributed by atoms with Gasteiger partial charge in [0.2, 0.25) is 5.91 Å². The highest BCUT2D eigenvalue weighted by Gasteiger charge is 2.21. The Morgan fingerprint density at radius 3 is 2.63 bits per heavy atom. The van der Waals surface area contributed by atoms with E-state index in [4.69, 9.17) is 10.2 Å². The molecule has 0 saturated heterocycles. The number of aliphatic carboxylic acids is 2. The zero-order valence-electron chi connectivity index (χ0n) is 9.81. The molecule has 1 atom stereocenters. The number of hydrogen-bond acceptors (Lipinski definition) is 4. The summed E-state index contributed by atoms with van der Waals surface area (Å²) >= 11 is 0. The molecule has 7 nitrogen and oxygen atoms in total. The van der Waals surface area contributed by atoms with Gasteiger partial charge >= 0.3 is 11.9 Å². The van der Waals surface area contributed by atoms with E-state index < -0.39 is 30.3 Å². The molecule has 1 aromatic rings. The van der Waals surface area contributed by atoms with Crippen LogP contribution in [-0.2, 0) is 14.4 Å². The fourth-order valence-electron chi connectivity index (χ4n) is 1.24. The van der Waals surface area contributed by atoms with Gasteiger partial charge in [-0.25, -0.2) is 4.79 Å². The molecule has 1 amide bonds. The van der Waals surface area contributed by atoms with Crippen LogP contribution >= 0.6 is 0 Å². The summed E-state index contributed by atoms with van der Waals surface area (Å²) < 4.78 is 0. The van der Waals surface area contributed by atoms with Gasteiger partial charge in [0, 0.05) is 18.5 Å². The third-order valence-electron chi connectivity index (χ3n) is 2.10. The number of rotatable bonds is 6. The maximum absolute atomic E-state index is 11.4. The van der Waals surface area contributed by atoms with Crippen molar-refractivity contribution in [3.63, 3.8) is 0 Å². The van der Waals surface area contributed by atoms with Gasteiger partial charge in [0.1, 0.15) is 6.04 Å². The van der Waals surface area contributed by atoms with E-state index in [2.05, 4.69) is 10.3 Å². The minimum absolute atomic E-state index is 0.669. The highest BCUT2D eigenvalue weighted by molar-refractivity contribution is 5.95. The maximum Gasteiger partial charge on any atom is 0.326 e. The summed E-state index contributed by atoms with van der Waals surface area (Å²) in [5.74, 6) is -3.38. The molecule has 0 aliphatic rings. The van der Waals surface area contributed by atoms with E-state index in [9.17, 15) is 14.4 Å². The van der Waals surface area contributed by atoms with E-state index in [1.54, 1.807) is 18.3 Å². The Morgan fingerprint density at radius 2 is 2.11 bits per heavy atom. The molecule has 19 heavy (non-hydrogen) atoms. The fourth-order valence-corrected chi connectivity index (χ4v) is 1.24. The summed E-state index contributed by atoms with van der Waals surface area (Å²) in [6.45, 7) is 0. The molecule has 0 aliphatic heterocycles.